The SMILES string of the molecule is [CH2]CC[CH]CCCCCCCCC[CH2]. The summed E-state index contributed by atoms with van der Waals surface area (Å²) in [6, 6.07) is 0. The number of unbranched alkanes of at least 4 members (excludes halogenated alkanes) is 11. The maximum Gasteiger partial charge on any atom is -0.0386 e. The summed E-state index contributed by atoms with van der Waals surface area (Å²) in [5.41, 5.74) is 0. The Balaban J connectivity index is 2.78. The van der Waals surface area contributed by atoms with Crippen molar-refractivity contribution in [2.24, 2.45) is 0 Å². The van der Waals surface area contributed by atoms with Gasteiger partial charge in [-0.1, -0.05) is 84.5 Å². The smallest absolute Gasteiger partial charge is 0.0386 e. The Labute approximate surface area is 91.5 Å². The van der Waals surface area contributed by atoms with Crippen LogP contribution in [0.1, 0.15) is 70.6 Å². The van der Waals surface area contributed by atoms with Gasteiger partial charge < -0.3 is 0 Å². The van der Waals surface area contributed by atoms with Gasteiger partial charge in [-0.25, -0.2) is 0 Å². The molecule has 0 aliphatic rings. The molecule has 0 amide bonds. The average molecular weight is 195 g/mol. The van der Waals surface area contributed by atoms with E-state index in [-0.39, 0.29) is 0 Å². The van der Waals surface area contributed by atoms with Gasteiger partial charge in [-0.05, 0) is 6.42 Å². The van der Waals surface area contributed by atoms with Crippen LogP contribution in [0.2, 0.25) is 0 Å². The summed E-state index contributed by atoms with van der Waals surface area (Å²) >= 11 is 0. The molecule has 0 bridgehead atoms. The highest BCUT2D eigenvalue weighted by Crippen LogP contribution is 2.10. The van der Waals surface area contributed by atoms with E-state index in [1.807, 2.05) is 0 Å². The quantitative estimate of drug-likeness (QED) is 0.400. The van der Waals surface area contributed by atoms with E-state index in [0.717, 1.165) is 12.8 Å². The summed E-state index contributed by atoms with van der Waals surface area (Å²) in [5.74, 6) is 0. The van der Waals surface area contributed by atoms with Gasteiger partial charge in [0.15, 0.2) is 0 Å². The first-order chi connectivity index (χ1) is 6.91. The number of hydrogen-bond donors (Lipinski definition) is 0. The highest BCUT2D eigenvalue weighted by Gasteiger charge is 1.91. The molecule has 0 nitrogen and oxygen atoms in total. The molecule has 0 unspecified atom stereocenters. The van der Waals surface area contributed by atoms with Crippen LogP contribution in [0.15, 0.2) is 0 Å². The fourth-order valence-corrected chi connectivity index (χ4v) is 1.64. The molecule has 14 heavy (non-hydrogen) atoms. The molecule has 0 spiro atoms. The van der Waals surface area contributed by atoms with Crippen LogP contribution in [0.5, 0.6) is 0 Å². The fourth-order valence-electron chi connectivity index (χ4n) is 1.64. The molecule has 0 aromatic carbocycles. The van der Waals surface area contributed by atoms with E-state index in [1.165, 1.54) is 57.8 Å². The molecule has 0 aliphatic carbocycles. The Hall–Kier alpha value is 0. The Morgan fingerprint density at radius 3 is 1.71 bits per heavy atom. The van der Waals surface area contributed by atoms with Crippen LogP contribution < -0.4 is 0 Å². The normalized spacial score (nSPS) is 10.7. The third-order valence-corrected chi connectivity index (χ3v) is 2.57. The van der Waals surface area contributed by atoms with Crippen molar-refractivity contribution in [2.75, 3.05) is 0 Å². The average Bonchev–Trinajstić information content (AvgIpc) is 2.21. The van der Waals surface area contributed by atoms with Crippen LogP contribution in [-0.2, 0) is 0 Å². The topological polar surface area (TPSA) is 0 Å². The summed E-state index contributed by atoms with van der Waals surface area (Å²) < 4.78 is 0. The zero-order valence-electron chi connectivity index (χ0n) is 9.77. The summed E-state index contributed by atoms with van der Waals surface area (Å²) in [5, 5.41) is 0. The van der Waals surface area contributed by atoms with Gasteiger partial charge in [-0.15, -0.1) is 0 Å². The fraction of sp³-hybridized carbons (Fsp3) is 0.786. The summed E-state index contributed by atoms with van der Waals surface area (Å²) in [6.45, 7) is 7.68. The van der Waals surface area contributed by atoms with Crippen molar-refractivity contribution in [3.05, 3.63) is 20.3 Å². The third kappa shape index (κ3) is 12.0. The molecule has 0 atom stereocenters. The van der Waals surface area contributed by atoms with Crippen molar-refractivity contribution in [1.82, 2.24) is 0 Å². The molecule has 0 saturated carbocycles. The van der Waals surface area contributed by atoms with E-state index in [9.17, 15) is 0 Å². The molecule has 0 heteroatoms. The van der Waals surface area contributed by atoms with Crippen LogP contribution in [0.4, 0.5) is 0 Å². The standard InChI is InChI=1S/C14H27/c1-3-5-7-9-11-13-14-12-10-8-6-4-2/h7H,1-6,8-14H2. The van der Waals surface area contributed by atoms with Gasteiger partial charge in [0.05, 0.1) is 0 Å². The highest BCUT2D eigenvalue weighted by atomic mass is 14.0. The summed E-state index contributed by atoms with van der Waals surface area (Å²) in [4.78, 5) is 0. The maximum absolute atomic E-state index is 3.85. The first-order valence-corrected chi connectivity index (χ1v) is 6.32. The van der Waals surface area contributed by atoms with Crippen molar-refractivity contribution in [2.45, 2.75) is 70.6 Å². The van der Waals surface area contributed by atoms with E-state index >= 15 is 0 Å². The van der Waals surface area contributed by atoms with Crippen molar-refractivity contribution < 1.29 is 0 Å². The Kier molecular flexibility index (Phi) is 13.0. The second kappa shape index (κ2) is 13.0. The third-order valence-electron chi connectivity index (χ3n) is 2.57. The lowest BCUT2D eigenvalue weighted by Gasteiger charge is -2.01. The van der Waals surface area contributed by atoms with Crippen LogP contribution in [0, 0.1) is 20.3 Å². The molecular weight excluding hydrogens is 168 g/mol. The Morgan fingerprint density at radius 1 is 0.571 bits per heavy atom. The Bertz CT molecular complexity index is 74.0. The second-order valence-corrected chi connectivity index (χ2v) is 4.05. The first kappa shape index (κ1) is 14.0. The molecular formula is C14H27. The van der Waals surface area contributed by atoms with Gasteiger partial charge in [0.25, 0.3) is 0 Å². The first-order valence-electron chi connectivity index (χ1n) is 6.32. The van der Waals surface area contributed by atoms with Crippen molar-refractivity contribution in [3.8, 4) is 0 Å². The predicted molar refractivity (Wildman–Crippen MR) is 65.8 cm³/mol. The Morgan fingerprint density at radius 2 is 1.14 bits per heavy atom. The molecule has 0 aromatic heterocycles. The van der Waals surface area contributed by atoms with E-state index in [1.54, 1.807) is 0 Å². The minimum Gasteiger partial charge on any atom is -0.0533 e. The van der Waals surface area contributed by atoms with E-state index < -0.39 is 0 Å². The lowest BCUT2D eigenvalue weighted by Crippen LogP contribution is -1.82. The lowest BCUT2D eigenvalue weighted by molar-refractivity contribution is 0.577. The van der Waals surface area contributed by atoms with Crippen LogP contribution in [0.3, 0.4) is 0 Å². The molecule has 0 rings (SSSR count). The molecule has 0 aromatic rings. The monoisotopic (exact) mass is 195 g/mol. The van der Waals surface area contributed by atoms with Crippen LogP contribution in [0.25, 0.3) is 0 Å². The van der Waals surface area contributed by atoms with Crippen LogP contribution in [-0.4, -0.2) is 0 Å². The minimum absolute atomic E-state index is 1.06. The lowest BCUT2D eigenvalue weighted by atomic mass is 10.1. The minimum atomic E-state index is 1.06. The number of hydrogen-bond acceptors (Lipinski definition) is 0. The van der Waals surface area contributed by atoms with E-state index in [0.29, 0.717) is 0 Å². The molecule has 0 heterocycles. The van der Waals surface area contributed by atoms with Gasteiger partial charge >= 0.3 is 0 Å². The van der Waals surface area contributed by atoms with Crippen LogP contribution >= 0.6 is 0 Å². The predicted octanol–water partition coefficient (Wildman–Crippen LogP) is 5.15. The zero-order valence-corrected chi connectivity index (χ0v) is 9.77. The molecule has 0 saturated heterocycles. The van der Waals surface area contributed by atoms with Gasteiger partial charge in [0, 0.05) is 0 Å². The largest absolute Gasteiger partial charge is 0.0533 e. The molecule has 0 aliphatic heterocycles. The van der Waals surface area contributed by atoms with Gasteiger partial charge in [-0.3, -0.25) is 0 Å². The second-order valence-electron chi connectivity index (χ2n) is 4.05. The van der Waals surface area contributed by atoms with E-state index in [4.69, 9.17) is 0 Å². The van der Waals surface area contributed by atoms with Gasteiger partial charge in [0.1, 0.15) is 0 Å². The summed E-state index contributed by atoms with van der Waals surface area (Å²) in [6.07, 6.45) is 16.8. The summed E-state index contributed by atoms with van der Waals surface area (Å²) in [7, 11) is 0. The molecule has 0 N–H and O–H groups in total. The molecule has 83 valence electrons. The van der Waals surface area contributed by atoms with E-state index in [2.05, 4.69) is 20.3 Å². The maximum atomic E-state index is 3.85. The molecule has 3 radical (unpaired) electrons. The highest BCUT2D eigenvalue weighted by molar-refractivity contribution is 4.64. The molecule has 0 fully saturated rings. The van der Waals surface area contributed by atoms with Gasteiger partial charge in [0.2, 0.25) is 0 Å². The van der Waals surface area contributed by atoms with Crippen molar-refractivity contribution in [1.29, 1.82) is 0 Å². The zero-order chi connectivity index (χ0) is 10.5. The van der Waals surface area contributed by atoms with Crippen molar-refractivity contribution in [3.63, 3.8) is 0 Å². The van der Waals surface area contributed by atoms with Gasteiger partial charge in [-0.2, -0.15) is 0 Å². The van der Waals surface area contributed by atoms with Crippen molar-refractivity contribution >= 4 is 0 Å². The number of rotatable bonds is 11.